The van der Waals surface area contributed by atoms with Crippen LogP contribution in [0.25, 0.3) is 0 Å². The van der Waals surface area contributed by atoms with Crippen molar-refractivity contribution in [2.45, 2.75) is 33.0 Å². The summed E-state index contributed by atoms with van der Waals surface area (Å²) in [6.45, 7) is 7.42. The molecule has 1 atom stereocenters. The second-order valence-corrected chi connectivity index (χ2v) is 7.22. The van der Waals surface area contributed by atoms with Gasteiger partial charge in [-0.1, -0.05) is 31.9 Å². The van der Waals surface area contributed by atoms with Gasteiger partial charge in [0.2, 0.25) is 0 Å². The molecule has 0 spiro atoms. The van der Waals surface area contributed by atoms with Gasteiger partial charge < -0.3 is 14.4 Å². The Hall–Kier alpha value is -2.13. The van der Waals surface area contributed by atoms with Crippen LogP contribution in [0.1, 0.15) is 25.1 Å². The maximum Gasteiger partial charge on any atom is 0.123 e. The van der Waals surface area contributed by atoms with E-state index in [-0.39, 0.29) is 19.0 Å². The monoisotopic (exact) mass is 372 g/mol. The number of aromatic nitrogens is 1. The van der Waals surface area contributed by atoms with Gasteiger partial charge in [0, 0.05) is 38.1 Å². The van der Waals surface area contributed by atoms with Crippen LogP contribution in [0.3, 0.4) is 0 Å². The maximum absolute atomic E-state index is 13.5. The molecule has 0 amide bonds. The third kappa shape index (κ3) is 7.56. The summed E-state index contributed by atoms with van der Waals surface area (Å²) in [4.78, 5) is 2.21. The highest BCUT2D eigenvalue weighted by Gasteiger charge is 2.15. The van der Waals surface area contributed by atoms with Gasteiger partial charge in [-0.25, -0.2) is 4.39 Å². The summed E-state index contributed by atoms with van der Waals surface area (Å²) < 4.78 is 20.8. The SMILES string of the molecule is C#CCOC[C@H](O)CN(Cc1cccn1Cc1cccc(F)c1)CC(C)C. The molecule has 0 saturated heterocycles. The average Bonchev–Trinajstić information content (AvgIpc) is 3.01. The van der Waals surface area contributed by atoms with Crippen LogP contribution in [0.2, 0.25) is 0 Å². The third-order valence-corrected chi connectivity index (χ3v) is 4.14. The second-order valence-electron chi connectivity index (χ2n) is 7.22. The van der Waals surface area contributed by atoms with E-state index in [2.05, 4.69) is 35.3 Å². The molecule has 4 nitrogen and oxygen atoms in total. The van der Waals surface area contributed by atoms with Crippen LogP contribution in [0.4, 0.5) is 4.39 Å². The van der Waals surface area contributed by atoms with E-state index in [1.54, 1.807) is 12.1 Å². The fourth-order valence-electron chi connectivity index (χ4n) is 3.13. The van der Waals surface area contributed by atoms with E-state index in [1.807, 2.05) is 18.3 Å². The van der Waals surface area contributed by atoms with Gasteiger partial charge in [-0.3, -0.25) is 4.90 Å². The molecule has 2 aromatic rings. The Morgan fingerprint density at radius 3 is 2.78 bits per heavy atom. The summed E-state index contributed by atoms with van der Waals surface area (Å²) >= 11 is 0. The molecule has 0 unspecified atom stereocenters. The molecular weight excluding hydrogens is 343 g/mol. The Morgan fingerprint density at radius 2 is 2.07 bits per heavy atom. The summed E-state index contributed by atoms with van der Waals surface area (Å²) in [5.41, 5.74) is 2.04. The van der Waals surface area contributed by atoms with Crippen molar-refractivity contribution in [2.24, 2.45) is 5.92 Å². The number of aliphatic hydroxyl groups excluding tert-OH is 1. The van der Waals surface area contributed by atoms with E-state index < -0.39 is 6.10 Å². The highest BCUT2D eigenvalue weighted by molar-refractivity contribution is 5.19. The molecule has 0 radical (unpaired) electrons. The number of halogens is 1. The first-order valence-electron chi connectivity index (χ1n) is 9.28. The summed E-state index contributed by atoms with van der Waals surface area (Å²) in [6, 6.07) is 10.7. The van der Waals surface area contributed by atoms with E-state index >= 15 is 0 Å². The van der Waals surface area contributed by atoms with Crippen LogP contribution in [0.15, 0.2) is 42.6 Å². The smallest absolute Gasteiger partial charge is 0.123 e. The van der Waals surface area contributed by atoms with Gasteiger partial charge in [-0.15, -0.1) is 6.42 Å². The molecule has 2 rings (SSSR count). The first-order valence-corrected chi connectivity index (χ1v) is 9.28. The molecule has 0 aliphatic rings. The van der Waals surface area contributed by atoms with Crippen molar-refractivity contribution in [3.05, 3.63) is 59.7 Å². The summed E-state index contributed by atoms with van der Waals surface area (Å²) in [5, 5.41) is 10.2. The minimum absolute atomic E-state index is 0.206. The second kappa shape index (κ2) is 10.9. The van der Waals surface area contributed by atoms with Crippen LogP contribution >= 0.6 is 0 Å². The van der Waals surface area contributed by atoms with Crippen molar-refractivity contribution >= 4 is 0 Å². The van der Waals surface area contributed by atoms with E-state index in [0.29, 0.717) is 25.6 Å². The van der Waals surface area contributed by atoms with Gasteiger partial charge in [0.25, 0.3) is 0 Å². The molecule has 1 N–H and O–H groups in total. The highest BCUT2D eigenvalue weighted by atomic mass is 19.1. The average molecular weight is 372 g/mol. The van der Waals surface area contributed by atoms with Gasteiger partial charge in [0.15, 0.2) is 0 Å². The minimum Gasteiger partial charge on any atom is -0.389 e. The molecular formula is C22H29FN2O2. The molecule has 1 aromatic heterocycles. The fraction of sp³-hybridized carbons (Fsp3) is 0.455. The van der Waals surface area contributed by atoms with Crippen molar-refractivity contribution in [3.8, 4) is 12.3 Å². The lowest BCUT2D eigenvalue weighted by Gasteiger charge is -2.27. The van der Waals surface area contributed by atoms with Crippen molar-refractivity contribution in [3.63, 3.8) is 0 Å². The highest BCUT2D eigenvalue weighted by Crippen LogP contribution is 2.13. The molecule has 0 bridgehead atoms. The molecule has 27 heavy (non-hydrogen) atoms. The Bertz CT molecular complexity index is 736. The summed E-state index contributed by atoms with van der Waals surface area (Å²) in [7, 11) is 0. The zero-order valence-corrected chi connectivity index (χ0v) is 16.1. The van der Waals surface area contributed by atoms with Gasteiger partial charge in [-0.05, 0) is 35.7 Å². The van der Waals surface area contributed by atoms with Gasteiger partial charge in [0.1, 0.15) is 12.4 Å². The molecule has 5 heteroatoms. The predicted octanol–water partition coefficient (Wildman–Crippen LogP) is 3.14. The van der Waals surface area contributed by atoms with Crippen LogP contribution in [0.5, 0.6) is 0 Å². The molecule has 0 aliphatic heterocycles. The number of aliphatic hydroxyl groups is 1. The topological polar surface area (TPSA) is 37.6 Å². The number of rotatable bonds is 11. The largest absolute Gasteiger partial charge is 0.389 e. The van der Waals surface area contributed by atoms with Crippen molar-refractivity contribution in [1.29, 1.82) is 0 Å². The van der Waals surface area contributed by atoms with Gasteiger partial charge in [0.05, 0.1) is 12.7 Å². The molecule has 0 saturated carbocycles. The van der Waals surface area contributed by atoms with E-state index in [1.165, 1.54) is 6.07 Å². The standard InChI is InChI=1S/C22H29FN2O2/c1-4-11-27-17-22(26)16-24(13-18(2)3)15-21-9-6-10-25(21)14-19-7-5-8-20(23)12-19/h1,5-10,12,18,22,26H,11,13-17H2,2-3H3/t22-/m1/s1. The normalized spacial score (nSPS) is 12.5. The van der Waals surface area contributed by atoms with Crippen molar-refractivity contribution < 1.29 is 14.2 Å². The predicted molar refractivity (Wildman–Crippen MR) is 106 cm³/mol. The maximum atomic E-state index is 13.5. The lowest BCUT2D eigenvalue weighted by molar-refractivity contribution is 0.0233. The molecule has 0 fully saturated rings. The van der Waals surface area contributed by atoms with Gasteiger partial charge in [-0.2, -0.15) is 0 Å². The summed E-state index contributed by atoms with van der Waals surface area (Å²) in [6.07, 6.45) is 6.57. The zero-order chi connectivity index (χ0) is 19.6. The third-order valence-electron chi connectivity index (χ3n) is 4.14. The first kappa shape index (κ1) is 21.2. The lowest BCUT2D eigenvalue weighted by Crippen LogP contribution is -2.37. The Kier molecular flexibility index (Phi) is 8.53. The van der Waals surface area contributed by atoms with E-state index in [0.717, 1.165) is 17.8 Å². The number of hydrogen-bond acceptors (Lipinski definition) is 3. The van der Waals surface area contributed by atoms with E-state index in [9.17, 15) is 9.50 Å². The van der Waals surface area contributed by atoms with E-state index in [4.69, 9.17) is 11.2 Å². The molecule has 1 heterocycles. The van der Waals surface area contributed by atoms with Gasteiger partial charge >= 0.3 is 0 Å². The molecule has 0 aliphatic carbocycles. The quantitative estimate of drug-likeness (QED) is 0.486. The van der Waals surface area contributed by atoms with Crippen molar-refractivity contribution in [2.75, 3.05) is 26.3 Å². The Labute approximate surface area is 161 Å². The van der Waals surface area contributed by atoms with Crippen LogP contribution < -0.4 is 0 Å². The number of benzene rings is 1. The minimum atomic E-state index is -0.594. The number of ether oxygens (including phenoxy) is 1. The Balaban J connectivity index is 2.02. The number of hydrogen-bond donors (Lipinski definition) is 1. The Morgan fingerprint density at radius 1 is 1.26 bits per heavy atom. The van der Waals surface area contributed by atoms with Crippen LogP contribution in [0, 0.1) is 24.1 Å². The lowest BCUT2D eigenvalue weighted by atomic mass is 10.2. The van der Waals surface area contributed by atoms with Crippen LogP contribution in [-0.4, -0.2) is 47.0 Å². The fourth-order valence-corrected chi connectivity index (χ4v) is 3.13. The molecule has 1 aromatic carbocycles. The number of terminal acetylenes is 1. The first-order chi connectivity index (χ1) is 13.0. The zero-order valence-electron chi connectivity index (χ0n) is 16.1. The van der Waals surface area contributed by atoms with Crippen molar-refractivity contribution in [1.82, 2.24) is 9.47 Å². The summed E-state index contributed by atoms with van der Waals surface area (Å²) in [5.74, 6) is 2.65. The van der Waals surface area contributed by atoms with Crippen LogP contribution in [-0.2, 0) is 17.8 Å². The number of nitrogens with zero attached hydrogens (tertiary/aromatic N) is 2. The molecule has 146 valence electrons.